The van der Waals surface area contributed by atoms with Crippen LogP contribution in [0.3, 0.4) is 0 Å². The van der Waals surface area contributed by atoms with Gasteiger partial charge in [0, 0.05) is 26.2 Å². The molecule has 3 aromatic carbocycles. The fourth-order valence-electron chi connectivity index (χ4n) is 3.57. The highest BCUT2D eigenvalue weighted by Crippen LogP contribution is 2.31. The molecule has 0 spiro atoms. The van der Waals surface area contributed by atoms with Crippen molar-refractivity contribution in [3.8, 4) is 5.75 Å². The second-order valence-electron chi connectivity index (χ2n) is 7.88. The van der Waals surface area contributed by atoms with Crippen LogP contribution in [0.1, 0.15) is 22.3 Å². The molecule has 1 saturated heterocycles. The largest absolute Gasteiger partial charge is 0.488 e. The van der Waals surface area contributed by atoms with Crippen molar-refractivity contribution in [1.82, 2.24) is 5.32 Å². The lowest BCUT2D eigenvalue weighted by Gasteiger charge is -2.28. The Kier molecular flexibility index (Phi) is 7.17. The summed E-state index contributed by atoms with van der Waals surface area (Å²) in [6.45, 7) is 3.78. The van der Waals surface area contributed by atoms with Crippen molar-refractivity contribution < 1.29 is 19.1 Å². The Hall–Kier alpha value is -3.32. The summed E-state index contributed by atoms with van der Waals surface area (Å²) in [5.41, 5.74) is 2.89. The first-order chi connectivity index (χ1) is 16.7. The monoisotopic (exact) mass is 528 g/mol. The summed E-state index contributed by atoms with van der Waals surface area (Å²) in [6.07, 6.45) is 1.35. The minimum Gasteiger partial charge on any atom is -0.488 e. The van der Waals surface area contributed by atoms with Gasteiger partial charge in [-0.3, -0.25) is 14.9 Å². The van der Waals surface area contributed by atoms with Gasteiger partial charge in [0.15, 0.2) is 0 Å². The Morgan fingerprint density at radius 2 is 1.66 bits per heavy atom. The van der Waals surface area contributed by atoms with Gasteiger partial charge in [0.2, 0.25) is 0 Å². The molecule has 35 heavy (non-hydrogen) atoms. The molecule has 1 N–H and O–H groups in total. The molecule has 1 aliphatic heterocycles. The molecule has 3 aromatic rings. The molecule has 1 heterocycles. The smallest absolute Gasteiger partial charge is 0.335 e. The van der Waals surface area contributed by atoms with E-state index in [-0.39, 0.29) is 12.2 Å². The van der Waals surface area contributed by atoms with Crippen LogP contribution in [-0.2, 0) is 16.2 Å². The molecule has 178 valence electrons. The number of carbonyl (C=O) groups is 3. The average molecular weight is 530 g/mol. The Morgan fingerprint density at radius 1 is 0.943 bits per heavy atom. The first kappa shape index (κ1) is 24.8. The molecule has 0 unspecified atom stereocenters. The summed E-state index contributed by atoms with van der Waals surface area (Å²) in [4.78, 5) is 39.5. The van der Waals surface area contributed by atoms with Crippen LogP contribution in [0.2, 0.25) is 15.1 Å². The van der Waals surface area contributed by atoms with Crippen LogP contribution in [0.4, 0.5) is 10.5 Å². The first-order valence-corrected chi connectivity index (χ1v) is 11.6. The van der Waals surface area contributed by atoms with Gasteiger partial charge >= 0.3 is 6.03 Å². The highest BCUT2D eigenvalue weighted by Gasteiger charge is 2.37. The normalized spacial score (nSPS) is 14.9. The predicted octanol–water partition coefficient (Wildman–Crippen LogP) is 6.51. The Labute approximate surface area is 217 Å². The molecule has 4 amide bonds. The van der Waals surface area contributed by atoms with Crippen LogP contribution < -0.4 is 15.0 Å². The van der Waals surface area contributed by atoms with E-state index in [1.54, 1.807) is 55.5 Å². The molecule has 0 radical (unpaired) electrons. The van der Waals surface area contributed by atoms with Gasteiger partial charge in [-0.1, -0.05) is 53.0 Å². The molecule has 0 bridgehead atoms. The van der Waals surface area contributed by atoms with Crippen LogP contribution in [0.5, 0.6) is 5.75 Å². The molecular formula is C26H19Cl3N2O4. The third-order valence-electron chi connectivity index (χ3n) is 5.59. The van der Waals surface area contributed by atoms with E-state index in [0.717, 1.165) is 16.0 Å². The zero-order chi connectivity index (χ0) is 25.3. The van der Waals surface area contributed by atoms with Gasteiger partial charge in [-0.15, -0.1) is 0 Å². The van der Waals surface area contributed by atoms with Gasteiger partial charge in [-0.2, -0.15) is 0 Å². The van der Waals surface area contributed by atoms with Crippen molar-refractivity contribution in [3.63, 3.8) is 0 Å². The number of ether oxygens (including phenoxy) is 1. The number of rotatable bonds is 5. The molecule has 0 aromatic heterocycles. The zero-order valence-corrected chi connectivity index (χ0v) is 21.0. The quantitative estimate of drug-likeness (QED) is 0.302. The molecule has 0 saturated carbocycles. The third kappa shape index (κ3) is 5.20. The van der Waals surface area contributed by atoms with Gasteiger partial charge < -0.3 is 4.74 Å². The fraction of sp³-hybridized carbons (Fsp3) is 0.115. The van der Waals surface area contributed by atoms with E-state index in [0.29, 0.717) is 37.6 Å². The van der Waals surface area contributed by atoms with Gasteiger partial charge in [-0.25, -0.2) is 9.69 Å². The molecule has 9 heteroatoms. The van der Waals surface area contributed by atoms with Gasteiger partial charge in [0.25, 0.3) is 11.8 Å². The molecule has 4 rings (SSSR count). The maximum atomic E-state index is 13.3. The van der Waals surface area contributed by atoms with Crippen LogP contribution in [0, 0.1) is 13.8 Å². The second kappa shape index (κ2) is 10.1. The van der Waals surface area contributed by atoms with E-state index in [2.05, 4.69) is 5.32 Å². The maximum Gasteiger partial charge on any atom is 0.335 e. The molecular weight excluding hydrogens is 511 g/mol. The van der Waals surface area contributed by atoms with Gasteiger partial charge in [0.05, 0.1) is 5.69 Å². The van der Waals surface area contributed by atoms with E-state index in [4.69, 9.17) is 39.5 Å². The minimum atomic E-state index is -0.814. The van der Waals surface area contributed by atoms with E-state index >= 15 is 0 Å². The summed E-state index contributed by atoms with van der Waals surface area (Å²) in [7, 11) is 0. The SMILES string of the molecule is Cc1cccc(N2C(=O)NC(=O)/C(=C\c3cc(Cl)ccc3OCc3ccc(Cl)cc3Cl)C2=O)c1C. The second-order valence-corrected chi connectivity index (χ2v) is 9.16. The van der Waals surface area contributed by atoms with Crippen LogP contribution in [0.15, 0.2) is 60.2 Å². The van der Waals surface area contributed by atoms with E-state index in [1.165, 1.54) is 6.08 Å². The summed E-state index contributed by atoms with van der Waals surface area (Å²) in [5, 5.41) is 3.55. The highest BCUT2D eigenvalue weighted by atomic mass is 35.5. The zero-order valence-electron chi connectivity index (χ0n) is 18.7. The number of aryl methyl sites for hydroxylation is 1. The van der Waals surface area contributed by atoms with Crippen molar-refractivity contribution in [2.45, 2.75) is 20.5 Å². The number of hydrogen-bond donors (Lipinski definition) is 1. The summed E-state index contributed by atoms with van der Waals surface area (Å²) >= 11 is 18.4. The lowest BCUT2D eigenvalue weighted by atomic mass is 10.0. The van der Waals surface area contributed by atoms with Crippen LogP contribution in [0.25, 0.3) is 6.08 Å². The number of amides is 4. The van der Waals surface area contributed by atoms with Crippen molar-refractivity contribution in [1.29, 1.82) is 0 Å². The van der Waals surface area contributed by atoms with E-state index < -0.39 is 17.8 Å². The minimum absolute atomic E-state index is 0.112. The van der Waals surface area contributed by atoms with Crippen LogP contribution >= 0.6 is 34.8 Å². The maximum absolute atomic E-state index is 13.3. The summed E-state index contributed by atoms with van der Waals surface area (Å²) < 4.78 is 5.92. The average Bonchev–Trinajstić information content (AvgIpc) is 2.79. The van der Waals surface area contributed by atoms with Crippen molar-refractivity contribution in [2.24, 2.45) is 0 Å². The van der Waals surface area contributed by atoms with Crippen molar-refractivity contribution in [2.75, 3.05) is 4.90 Å². The molecule has 1 aliphatic rings. The molecule has 6 nitrogen and oxygen atoms in total. The number of barbiturate groups is 1. The topological polar surface area (TPSA) is 75.7 Å². The first-order valence-electron chi connectivity index (χ1n) is 10.5. The standard InChI is InChI=1S/C26H19Cl3N2O4/c1-14-4-3-5-22(15(14)2)31-25(33)20(24(32)30-26(31)34)11-17-10-18(27)8-9-23(17)35-13-16-6-7-19(28)12-21(16)29/h3-12H,13H2,1-2H3,(H,30,32,34)/b20-11+. The Balaban J connectivity index is 1.70. The highest BCUT2D eigenvalue weighted by molar-refractivity contribution is 6.39. The van der Waals surface area contributed by atoms with Crippen molar-refractivity contribution in [3.05, 3.63) is 97.5 Å². The third-order valence-corrected chi connectivity index (χ3v) is 6.41. The van der Waals surface area contributed by atoms with E-state index in [9.17, 15) is 14.4 Å². The molecule has 0 aliphatic carbocycles. The number of halogens is 3. The Morgan fingerprint density at radius 3 is 2.40 bits per heavy atom. The number of nitrogens with one attached hydrogen (secondary N) is 1. The number of imide groups is 2. The fourth-order valence-corrected chi connectivity index (χ4v) is 4.21. The van der Waals surface area contributed by atoms with Crippen molar-refractivity contribution >= 4 is 64.4 Å². The number of urea groups is 1. The summed E-state index contributed by atoms with van der Waals surface area (Å²) in [6, 6.07) is 14.3. The number of carbonyl (C=O) groups excluding carboxylic acids is 3. The number of anilines is 1. The number of nitrogens with zero attached hydrogens (tertiary/aromatic N) is 1. The van der Waals surface area contributed by atoms with Crippen LogP contribution in [-0.4, -0.2) is 17.8 Å². The van der Waals surface area contributed by atoms with Gasteiger partial charge in [-0.05, 0) is 67.4 Å². The lowest BCUT2D eigenvalue weighted by Crippen LogP contribution is -2.54. The Bertz CT molecular complexity index is 1400. The molecule has 1 fully saturated rings. The number of benzene rings is 3. The van der Waals surface area contributed by atoms with E-state index in [1.807, 2.05) is 13.0 Å². The molecule has 0 atom stereocenters. The lowest BCUT2D eigenvalue weighted by molar-refractivity contribution is -0.122. The summed E-state index contributed by atoms with van der Waals surface area (Å²) in [5.74, 6) is -1.20. The van der Waals surface area contributed by atoms with Gasteiger partial charge in [0.1, 0.15) is 17.9 Å². The predicted molar refractivity (Wildman–Crippen MR) is 137 cm³/mol. The number of hydrogen-bond acceptors (Lipinski definition) is 4.